The number of aliphatic hydroxyl groups excluding tert-OH is 1. The van der Waals surface area contributed by atoms with Crippen LogP contribution < -0.4 is 4.74 Å². The lowest BCUT2D eigenvalue weighted by Crippen LogP contribution is -2.30. The van der Waals surface area contributed by atoms with Crippen LogP contribution >= 0.6 is 0 Å². The minimum atomic E-state index is -0.712. The van der Waals surface area contributed by atoms with Crippen LogP contribution in [-0.4, -0.2) is 39.5 Å². The lowest BCUT2D eigenvalue weighted by molar-refractivity contribution is -0.139. The van der Waals surface area contributed by atoms with Crippen molar-refractivity contribution >= 4 is 17.4 Å². The molecule has 1 amide bonds. The molecule has 6 nitrogen and oxygen atoms in total. The number of hydrogen-bond donors (Lipinski definition) is 2. The molecule has 6 heteroatoms. The highest BCUT2D eigenvalue weighted by molar-refractivity contribution is 6.46. The second-order valence-electron chi connectivity index (χ2n) is 7.28. The second-order valence-corrected chi connectivity index (χ2v) is 7.28. The molecule has 2 aromatic rings. The predicted octanol–water partition coefficient (Wildman–Crippen LogP) is 4.01. The summed E-state index contributed by atoms with van der Waals surface area (Å²) in [6.45, 7) is 6.14. The molecule has 1 fully saturated rings. The van der Waals surface area contributed by atoms with Crippen molar-refractivity contribution in [2.24, 2.45) is 0 Å². The first kappa shape index (κ1) is 20.5. The SMILES string of the molecule is CCCN1C(=O)C(=O)/C(=C(\O)c2ccc(OC(C)C)cc2)C1c1ccc(O)cc1. The highest BCUT2D eigenvalue weighted by Crippen LogP contribution is 2.39. The molecule has 1 unspecified atom stereocenters. The lowest BCUT2D eigenvalue weighted by atomic mass is 9.95. The van der Waals surface area contributed by atoms with E-state index in [0.29, 0.717) is 29.8 Å². The summed E-state index contributed by atoms with van der Waals surface area (Å²) in [7, 11) is 0. The molecule has 1 atom stereocenters. The average molecular weight is 395 g/mol. The van der Waals surface area contributed by atoms with Gasteiger partial charge in [0.2, 0.25) is 0 Å². The zero-order valence-corrected chi connectivity index (χ0v) is 16.8. The summed E-state index contributed by atoms with van der Waals surface area (Å²) in [6.07, 6.45) is 0.686. The number of rotatable bonds is 6. The molecule has 1 aliphatic heterocycles. The number of benzene rings is 2. The average Bonchev–Trinajstić information content (AvgIpc) is 2.93. The van der Waals surface area contributed by atoms with Gasteiger partial charge >= 0.3 is 0 Å². The smallest absolute Gasteiger partial charge is 0.295 e. The summed E-state index contributed by atoms with van der Waals surface area (Å²) in [5, 5.41) is 20.5. The summed E-state index contributed by atoms with van der Waals surface area (Å²) in [4.78, 5) is 26.9. The lowest BCUT2D eigenvalue weighted by Gasteiger charge is -2.24. The van der Waals surface area contributed by atoms with Gasteiger partial charge in [0.05, 0.1) is 17.7 Å². The van der Waals surface area contributed by atoms with E-state index in [-0.39, 0.29) is 23.2 Å². The number of ether oxygens (including phenoxy) is 1. The van der Waals surface area contributed by atoms with E-state index in [1.54, 1.807) is 36.4 Å². The fourth-order valence-electron chi connectivity index (χ4n) is 3.47. The van der Waals surface area contributed by atoms with Gasteiger partial charge in [0, 0.05) is 12.1 Å². The number of aromatic hydroxyl groups is 1. The summed E-state index contributed by atoms with van der Waals surface area (Å²) >= 11 is 0. The van der Waals surface area contributed by atoms with Crippen LogP contribution in [0.1, 0.15) is 44.4 Å². The van der Waals surface area contributed by atoms with Gasteiger partial charge < -0.3 is 19.8 Å². The van der Waals surface area contributed by atoms with Crippen LogP contribution in [0.15, 0.2) is 54.1 Å². The number of aliphatic hydroxyl groups is 1. The van der Waals surface area contributed by atoms with Crippen LogP contribution in [0.5, 0.6) is 11.5 Å². The molecule has 0 aromatic heterocycles. The van der Waals surface area contributed by atoms with Gasteiger partial charge in [0.25, 0.3) is 11.7 Å². The van der Waals surface area contributed by atoms with Crippen molar-refractivity contribution in [1.82, 2.24) is 4.90 Å². The molecular formula is C23H25NO5. The molecule has 0 spiro atoms. The number of nitrogens with zero attached hydrogens (tertiary/aromatic N) is 1. The Bertz CT molecular complexity index is 929. The van der Waals surface area contributed by atoms with Crippen molar-refractivity contribution in [3.8, 4) is 11.5 Å². The maximum Gasteiger partial charge on any atom is 0.295 e. The van der Waals surface area contributed by atoms with E-state index < -0.39 is 17.7 Å². The Balaban J connectivity index is 2.08. The maximum absolute atomic E-state index is 12.8. The number of hydrogen-bond acceptors (Lipinski definition) is 5. The molecule has 1 saturated heterocycles. The largest absolute Gasteiger partial charge is 0.508 e. The van der Waals surface area contributed by atoms with Gasteiger partial charge in [-0.15, -0.1) is 0 Å². The Kier molecular flexibility index (Phi) is 5.92. The molecule has 0 saturated carbocycles. The molecule has 29 heavy (non-hydrogen) atoms. The Hall–Kier alpha value is -3.28. The topological polar surface area (TPSA) is 87.1 Å². The highest BCUT2D eigenvalue weighted by atomic mass is 16.5. The van der Waals surface area contributed by atoms with Crippen molar-refractivity contribution in [3.05, 3.63) is 65.2 Å². The number of likely N-dealkylation sites (tertiary alicyclic amines) is 1. The van der Waals surface area contributed by atoms with Gasteiger partial charge in [-0.05, 0) is 62.2 Å². The highest BCUT2D eigenvalue weighted by Gasteiger charge is 2.45. The van der Waals surface area contributed by atoms with E-state index in [9.17, 15) is 19.8 Å². The molecule has 2 N–H and O–H groups in total. The zero-order valence-electron chi connectivity index (χ0n) is 16.8. The van der Waals surface area contributed by atoms with Gasteiger partial charge in [0.1, 0.15) is 17.3 Å². The van der Waals surface area contributed by atoms with Crippen LogP contribution in [0.4, 0.5) is 0 Å². The van der Waals surface area contributed by atoms with Gasteiger partial charge in [-0.3, -0.25) is 9.59 Å². The molecular weight excluding hydrogens is 370 g/mol. The third kappa shape index (κ3) is 4.11. The van der Waals surface area contributed by atoms with Gasteiger partial charge in [-0.1, -0.05) is 19.1 Å². The van der Waals surface area contributed by atoms with Crippen molar-refractivity contribution < 1.29 is 24.5 Å². The monoisotopic (exact) mass is 395 g/mol. The van der Waals surface area contributed by atoms with Crippen LogP contribution in [0.2, 0.25) is 0 Å². The van der Waals surface area contributed by atoms with E-state index in [4.69, 9.17) is 4.74 Å². The number of Topliss-reactive ketones (excluding diaryl/α,β-unsaturated/α-hetero) is 1. The maximum atomic E-state index is 12.8. The minimum Gasteiger partial charge on any atom is -0.508 e. The molecule has 1 heterocycles. The third-order valence-electron chi connectivity index (χ3n) is 4.71. The van der Waals surface area contributed by atoms with Crippen LogP contribution in [0.25, 0.3) is 5.76 Å². The van der Waals surface area contributed by atoms with Crippen LogP contribution in [0.3, 0.4) is 0 Å². The molecule has 2 aromatic carbocycles. The molecule has 3 rings (SSSR count). The van der Waals surface area contributed by atoms with Crippen molar-refractivity contribution in [1.29, 1.82) is 0 Å². The summed E-state index contributed by atoms with van der Waals surface area (Å²) in [5.41, 5.74) is 1.13. The molecule has 0 radical (unpaired) electrons. The van der Waals surface area contributed by atoms with Crippen molar-refractivity contribution in [2.45, 2.75) is 39.3 Å². The zero-order chi connectivity index (χ0) is 21.1. The number of carbonyl (C=O) groups is 2. The van der Waals surface area contributed by atoms with Gasteiger partial charge in [-0.2, -0.15) is 0 Å². The molecule has 0 aliphatic carbocycles. The number of ketones is 1. The summed E-state index contributed by atoms with van der Waals surface area (Å²) in [5.74, 6) is -0.834. The molecule has 0 bridgehead atoms. The van der Waals surface area contributed by atoms with Crippen LogP contribution in [-0.2, 0) is 9.59 Å². The standard InChI is InChI=1S/C23H25NO5/c1-4-13-24-20(15-5-9-17(25)10-6-15)19(22(27)23(24)28)21(26)16-7-11-18(12-8-16)29-14(2)3/h5-12,14,20,25-26H,4,13H2,1-3H3/b21-19-. The Morgan fingerprint density at radius 2 is 1.69 bits per heavy atom. The predicted molar refractivity (Wildman–Crippen MR) is 110 cm³/mol. The van der Waals surface area contributed by atoms with E-state index in [1.165, 1.54) is 17.0 Å². The molecule has 1 aliphatic rings. The van der Waals surface area contributed by atoms with Crippen molar-refractivity contribution in [2.75, 3.05) is 6.54 Å². The summed E-state index contributed by atoms with van der Waals surface area (Å²) in [6, 6.07) is 12.4. The first-order chi connectivity index (χ1) is 13.8. The second kappa shape index (κ2) is 8.39. The minimum absolute atomic E-state index is 0.0170. The Labute approximate surface area is 170 Å². The first-order valence-electron chi connectivity index (χ1n) is 9.68. The number of amides is 1. The van der Waals surface area contributed by atoms with E-state index in [1.807, 2.05) is 20.8 Å². The normalized spacial score (nSPS) is 18.5. The third-order valence-corrected chi connectivity index (χ3v) is 4.71. The Morgan fingerprint density at radius 3 is 2.24 bits per heavy atom. The first-order valence-corrected chi connectivity index (χ1v) is 9.68. The van der Waals surface area contributed by atoms with Gasteiger partial charge in [0.15, 0.2) is 0 Å². The van der Waals surface area contributed by atoms with E-state index in [2.05, 4.69) is 0 Å². The quantitative estimate of drug-likeness (QED) is 0.438. The molecule has 152 valence electrons. The summed E-state index contributed by atoms with van der Waals surface area (Å²) < 4.78 is 5.61. The van der Waals surface area contributed by atoms with Gasteiger partial charge in [-0.25, -0.2) is 0 Å². The van der Waals surface area contributed by atoms with Crippen LogP contribution in [0, 0.1) is 0 Å². The van der Waals surface area contributed by atoms with E-state index >= 15 is 0 Å². The number of phenolic OH excluding ortho intramolecular Hbond substituents is 1. The van der Waals surface area contributed by atoms with Crippen molar-refractivity contribution in [3.63, 3.8) is 0 Å². The number of carbonyl (C=O) groups excluding carboxylic acids is 2. The van der Waals surface area contributed by atoms with E-state index in [0.717, 1.165) is 0 Å². The number of phenols is 1. The fraction of sp³-hybridized carbons (Fsp3) is 0.304. The fourth-order valence-corrected chi connectivity index (χ4v) is 3.47. The Morgan fingerprint density at radius 1 is 1.07 bits per heavy atom.